The number of allylic oxidation sites excluding steroid dienone is 2. The number of hydrogen-bond donors (Lipinski definition) is 3. The normalized spacial score (nSPS) is 18.7. The van der Waals surface area contributed by atoms with Crippen molar-refractivity contribution < 1.29 is 0 Å². The Balaban J connectivity index is 1.68. The van der Waals surface area contributed by atoms with Crippen LogP contribution in [0.5, 0.6) is 0 Å². The van der Waals surface area contributed by atoms with Crippen molar-refractivity contribution in [1.82, 2.24) is 10.3 Å². The molecule has 4 N–H and O–H groups in total. The van der Waals surface area contributed by atoms with Crippen LogP contribution in [0, 0.1) is 0 Å². The van der Waals surface area contributed by atoms with E-state index in [2.05, 4.69) is 70.7 Å². The molecule has 0 aliphatic heterocycles. The summed E-state index contributed by atoms with van der Waals surface area (Å²) in [6, 6.07) is 17.9. The number of rotatable bonds is 5. The lowest BCUT2D eigenvalue weighted by atomic mass is 9.90. The summed E-state index contributed by atoms with van der Waals surface area (Å²) < 4.78 is 0. The zero-order valence-corrected chi connectivity index (χ0v) is 17.5. The molecule has 0 saturated heterocycles. The van der Waals surface area contributed by atoms with Crippen molar-refractivity contribution in [3.63, 3.8) is 0 Å². The number of nitrogens with two attached hydrogens (primary N) is 1. The Labute approximate surface area is 172 Å². The van der Waals surface area contributed by atoms with Crippen LogP contribution in [-0.4, -0.2) is 17.7 Å². The van der Waals surface area contributed by atoms with Crippen molar-refractivity contribution in [2.45, 2.75) is 45.2 Å². The maximum Gasteiger partial charge on any atom is 0.0660 e. The molecule has 4 rings (SSSR count). The van der Waals surface area contributed by atoms with Crippen LogP contribution in [0.3, 0.4) is 0 Å². The summed E-state index contributed by atoms with van der Waals surface area (Å²) >= 11 is 0. The predicted molar refractivity (Wildman–Crippen MR) is 122 cm³/mol. The number of benzene rings is 2. The zero-order chi connectivity index (χ0) is 20.4. The fraction of sp³-hybridized carbons (Fsp3) is 0.320. The molecule has 4 heteroatoms. The van der Waals surface area contributed by atoms with Crippen LogP contribution in [0.1, 0.15) is 61.2 Å². The molecular formula is C25H30N4. The average Bonchev–Trinajstić information content (AvgIpc) is 3.11. The van der Waals surface area contributed by atoms with Crippen molar-refractivity contribution >= 4 is 16.6 Å². The summed E-state index contributed by atoms with van der Waals surface area (Å²) in [7, 11) is 1.82. The third-order valence-corrected chi connectivity index (χ3v) is 5.86. The molecule has 0 spiro atoms. The van der Waals surface area contributed by atoms with E-state index >= 15 is 0 Å². The average molecular weight is 387 g/mol. The second-order valence-corrected chi connectivity index (χ2v) is 8.02. The van der Waals surface area contributed by atoms with Crippen LogP contribution >= 0.6 is 0 Å². The van der Waals surface area contributed by atoms with Crippen LogP contribution in [0.25, 0.3) is 10.9 Å². The molecule has 2 unspecified atom stereocenters. The Hall–Kier alpha value is -2.85. The van der Waals surface area contributed by atoms with Crippen LogP contribution < -0.4 is 11.1 Å². The fourth-order valence-electron chi connectivity index (χ4n) is 4.42. The fourth-order valence-corrected chi connectivity index (χ4v) is 4.42. The minimum atomic E-state index is 0.311. The third kappa shape index (κ3) is 3.99. The molecule has 1 aliphatic carbocycles. The molecule has 2 aromatic carbocycles. The van der Waals surface area contributed by atoms with Gasteiger partial charge in [0.05, 0.1) is 5.71 Å². The van der Waals surface area contributed by atoms with E-state index in [9.17, 15) is 0 Å². The molecule has 1 heterocycles. The van der Waals surface area contributed by atoms with Gasteiger partial charge in [-0.2, -0.15) is 0 Å². The second-order valence-electron chi connectivity index (χ2n) is 8.02. The minimum absolute atomic E-state index is 0.311. The first-order chi connectivity index (χ1) is 14.1. The van der Waals surface area contributed by atoms with E-state index in [-0.39, 0.29) is 0 Å². The van der Waals surface area contributed by atoms with E-state index < -0.39 is 0 Å². The van der Waals surface area contributed by atoms with E-state index in [1.165, 1.54) is 34.1 Å². The lowest BCUT2D eigenvalue weighted by Crippen LogP contribution is -2.27. The molecule has 29 heavy (non-hydrogen) atoms. The van der Waals surface area contributed by atoms with Gasteiger partial charge in [-0.1, -0.05) is 36.4 Å². The predicted octanol–water partition coefficient (Wildman–Crippen LogP) is 5.18. The largest absolute Gasteiger partial charge is 0.402 e. The van der Waals surface area contributed by atoms with Crippen LogP contribution in [-0.2, 0) is 6.42 Å². The maximum atomic E-state index is 5.89. The zero-order valence-electron chi connectivity index (χ0n) is 17.5. The first-order valence-electron chi connectivity index (χ1n) is 10.4. The molecule has 150 valence electrons. The van der Waals surface area contributed by atoms with Crippen LogP contribution in [0.15, 0.2) is 65.3 Å². The van der Waals surface area contributed by atoms with E-state index in [4.69, 9.17) is 5.73 Å². The number of aryl methyl sites for hydroxylation is 1. The number of H-pyrrole nitrogens is 1. The summed E-state index contributed by atoms with van der Waals surface area (Å²) in [5.41, 5.74) is 14.0. The van der Waals surface area contributed by atoms with Gasteiger partial charge < -0.3 is 16.0 Å². The van der Waals surface area contributed by atoms with Crippen molar-refractivity contribution in [2.24, 2.45) is 10.7 Å². The Morgan fingerprint density at radius 2 is 2.03 bits per heavy atom. The number of fused-ring (bicyclic) bond motifs is 3. The van der Waals surface area contributed by atoms with Gasteiger partial charge in [0.2, 0.25) is 0 Å². The smallest absolute Gasteiger partial charge is 0.0660 e. The van der Waals surface area contributed by atoms with Crippen LogP contribution in [0.2, 0.25) is 0 Å². The van der Waals surface area contributed by atoms with Crippen LogP contribution in [0.4, 0.5) is 0 Å². The molecule has 3 aromatic rings. The molecule has 1 aromatic heterocycles. The van der Waals surface area contributed by atoms with Gasteiger partial charge in [-0.3, -0.25) is 4.99 Å². The molecule has 1 aliphatic rings. The number of aliphatic imine (C=N–C) groups is 1. The number of nitrogens with one attached hydrogen (secondary N) is 2. The summed E-state index contributed by atoms with van der Waals surface area (Å²) in [5.74, 6) is 0. The van der Waals surface area contributed by atoms with Gasteiger partial charge in [-0.25, -0.2) is 0 Å². The summed E-state index contributed by atoms with van der Waals surface area (Å²) in [6.07, 6.45) is 5.40. The lowest BCUT2D eigenvalue weighted by Gasteiger charge is -2.27. The number of aromatic nitrogens is 1. The Bertz CT molecular complexity index is 1060. The van der Waals surface area contributed by atoms with Gasteiger partial charge in [0.25, 0.3) is 0 Å². The monoisotopic (exact) mass is 386 g/mol. The lowest BCUT2D eigenvalue weighted by molar-refractivity contribution is 0.410. The van der Waals surface area contributed by atoms with Crippen molar-refractivity contribution in [3.8, 4) is 0 Å². The summed E-state index contributed by atoms with van der Waals surface area (Å²) in [6.45, 7) is 4.14. The number of nitrogens with zero attached hydrogens (tertiary/aromatic N) is 1. The highest BCUT2D eigenvalue weighted by atomic mass is 15.0. The van der Waals surface area contributed by atoms with E-state index in [0.29, 0.717) is 12.1 Å². The number of hydrogen-bond acceptors (Lipinski definition) is 3. The third-order valence-electron chi connectivity index (χ3n) is 5.86. The number of aromatic amines is 1. The Kier molecular flexibility index (Phi) is 5.54. The molecule has 0 radical (unpaired) electrons. The molecule has 4 nitrogen and oxygen atoms in total. The summed E-state index contributed by atoms with van der Waals surface area (Å²) in [4.78, 5) is 8.13. The topological polar surface area (TPSA) is 66.2 Å². The minimum Gasteiger partial charge on any atom is -0.402 e. The maximum absolute atomic E-state index is 5.89. The van der Waals surface area contributed by atoms with Crippen molar-refractivity contribution in [2.75, 3.05) is 7.05 Å². The molecule has 0 amide bonds. The van der Waals surface area contributed by atoms with Gasteiger partial charge in [-0.05, 0) is 62.4 Å². The molecular weight excluding hydrogens is 356 g/mol. The highest BCUT2D eigenvalue weighted by Crippen LogP contribution is 2.36. The SMILES string of the molecule is CN=C(C=C(C)N)c1ccc2[nH]c3c(c2c1)CCCC3NC(C)c1ccccc1. The Morgan fingerprint density at radius 1 is 1.24 bits per heavy atom. The first-order valence-corrected chi connectivity index (χ1v) is 10.4. The molecule has 0 fully saturated rings. The molecule has 0 saturated carbocycles. The van der Waals surface area contributed by atoms with Gasteiger partial charge in [0.1, 0.15) is 0 Å². The van der Waals surface area contributed by atoms with E-state index in [1.807, 2.05) is 20.0 Å². The van der Waals surface area contributed by atoms with Crippen molar-refractivity contribution in [1.29, 1.82) is 0 Å². The standard InChI is InChI=1S/C25H30N4/c1-16(26)14-24(27-3)19-12-13-22-21(15-19)20-10-7-11-23(25(20)29-22)28-17(2)18-8-5-4-6-9-18/h4-6,8-9,12-15,17,23,28-29H,7,10-11,26H2,1-3H3. The van der Waals surface area contributed by atoms with Gasteiger partial charge in [0.15, 0.2) is 0 Å². The van der Waals surface area contributed by atoms with Gasteiger partial charge in [0, 0.05) is 47.0 Å². The van der Waals surface area contributed by atoms with E-state index in [1.54, 1.807) is 0 Å². The molecule has 0 bridgehead atoms. The second kappa shape index (κ2) is 8.26. The summed E-state index contributed by atoms with van der Waals surface area (Å²) in [5, 5.41) is 5.15. The molecule has 2 atom stereocenters. The van der Waals surface area contributed by atoms with E-state index in [0.717, 1.165) is 29.8 Å². The van der Waals surface area contributed by atoms with Gasteiger partial charge in [-0.15, -0.1) is 0 Å². The Morgan fingerprint density at radius 3 is 2.76 bits per heavy atom. The van der Waals surface area contributed by atoms with Gasteiger partial charge >= 0.3 is 0 Å². The highest BCUT2D eigenvalue weighted by molar-refractivity contribution is 6.10. The highest BCUT2D eigenvalue weighted by Gasteiger charge is 2.25. The quantitative estimate of drug-likeness (QED) is 0.529. The van der Waals surface area contributed by atoms with Crippen molar-refractivity contribution in [3.05, 3.63) is 82.7 Å². The first kappa shape index (κ1) is 19.5.